The molecule has 0 atom stereocenters. The van der Waals surface area contributed by atoms with Gasteiger partial charge < -0.3 is 9.80 Å². The first kappa shape index (κ1) is 22.7. The number of anilines is 2. The van der Waals surface area contributed by atoms with Gasteiger partial charge in [-0.05, 0) is 30.8 Å². The largest absolute Gasteiger partial charge is 0.378 e. The molecule has 0 amide bonds. The predicted molar refractivity (Wildman–Crippen MR) is 121 cm³/mol. The Morgan fingerprint density at radius 2 is 1.74 bits per heavy atom. The summed E-state index contributed by atoms with van der Waals surface area (Å²) in [5.41, 5.74) is 4.50. The summed E-state index contributed by atoms with van der Waals surface area (Å²) in [5, 5.41) is 15.4. The minimum atomic E-state index is -3.92. The van der Waals surface area contributed by atoms with E-state index >= 15 is 0 Å². The molecule has 1 N–H and O–H groups in total. The van der Waals surface area contributed by atoms with Crippen molar-refractivity contribution in [1.29, 1.82) is 0 Å². The lowest BCUT2D eigenvalue weighted by Crippen LogP contribution is -2.47. The zero-order valence-corrected chi connectivity index (χ0v) is 18.5. The number of piperazine rings is 1. The third kappa shape index (κ3) is 5.37. The number of nitro groups is 1. The van der Waals surface area contributed by atoms with Crippen LogP contribution in [-0.2, 0) is 10.0 Å². The van der Waals surface area contributed by atoms with E-state index in [9.17, 15) is 18.5 Å². The molecule has 0 radical (unpaired) electrons. The smallest absolute Gasteiger partial charge is 0.270 e. The topological polar surface area (TPSA) is 111 Å². The molecule has 31 heavy (non-hydrogen) atoms. The van der Waals surface area contributed by atoms with Crippen molar-refractivity contribution in [3.63, 3.8) is 0 Å². The molecule has 3 rings (SSSR count). The monoisotopic (exact) mass is 446 g/mol. The second-order valence-corrected chi connectivity index (χ2v) is 9.41. The van der Waals surface area contributed by atoms with Gasteiger partial charge in [0, 0.05) is 58.1 Å². The first-order chi connectivity index (χ1) is 14.7. The third-order valence-electron chi connectivity index (χ3n) is 5.06. The van der Waals surface area contributed by atoms with Gasteiger partial charge >= 0.3 is 0 Å². The van der Waals surface area contributed by atoms with Crippen LogP contribution >= 0.6 is 0 Å². The third-order valence-corrected chi connectivity index (χ3v) is 7.00. The fourth-order valence-electron chi connectivity index (χ4n) is 3.13. The van der Waals surface area contributed by atoms with Crippen LogP contribution in [-0.4, -0.2) is 76.1 Å². The lowest BCUT2D eigenvalue weighted by molar-refractivity contribution is -0.385. The molecular weight excluding hydrogens is 420 g/mol. The van der Waals surface area contributed by atoms with E-state index in [2.05, 4.69) is 10.5 Å². The van der Waals surface area contributed by atoms with Gasteiger partial charge in [-0.25, -0.2) is 8.42 Å². The van der Waals surface area contributed by atoms with Crippen LogP contribution in [0.3, 0.4) is 0 Å². The van der Waals surface area contributed by atoms with Gasteiger partial charge in [0.2, 0.25) is 10.0 Å². The van der Waals surface area contributed by atoms with Gasteiger partial charge in [-0.15, -0.1) is 0 Å². The summed E-state index contributed by atoms with van der Waals surface area (Å²) >= 11 is 0. The highest BCUT2D eigenvalue weighted by Gasteiger charge is 2.31. The van der Waals surface area contributed by atoms with Gasteiger partial charge in [0.05, 0.1) is 16.8 Å². The Bertz CT molecular complexity index is 1060. The fraction of sp³-hybridized carbons (Fsp3) is 0.350. The summed E-state index contributed by atoms with van der Waals surface area (Å²) in [4.78, 5) is 14.5. The standard InChI is InChI=1S/C20H26N6O4S/c1-23(2)17-6-4-16(5-7-17)15-21-22-19-9-8-18(26(27)28)14-20(19)31(29,30)25-12-10-24(3)11-13-25/h4-9,14-15,22H,10-13H2,1-3H3/b21-15-. The summed E-state index contributed by atoms with van der Waals surface area (Å²) in [6.07, 6.45) is 1.56. The van der Waals surface area contributed by atoms with E-state index < -0.39 is 14.9 Å². The lowest BCUT2D eigenvalue weighted by atomic mass is 10.2. The first-order valence-corrected chi connectivity index (χ1v) is 11.2. The normalized spacial score (nSPS) is 15.8. The van der Waals surface area contributed by atoms with Crippen molar-refractivity contribution in [1.82, 2.24) is 9.21 Å². The van der Waals surface area contributed by atoms with E-state index in [0.29, 0.717) is 26.2 Å². The molecule has 1 fully saturated rings. The van der Waals surface area contributed by atoms with Crippen LogP contribution in [0.15, 0.2) is 52.5 Å². The number of nitrogens with one attached hydrogen (secondary N) is 1. The second kappa shape index (κ2) is 9.41. The molecule has 1 aliphatic heterocycles. The molecule has 11 heteroatoms. The van der Waals surface area contributed by atoms with Crippen LogP contribution in [0.1, 0.15) is 5.56 Å². The molecule has 10 nitrogen and oxygen atoms in total. The maximum absolute atomic E-state index is 13.2. The summed E-state index contributed by atoms with van der Waals surface area (Å²) in [5.74, 6) is 0. The zero-order chi connectivity index (χ0) is 22.6. The molecule has 1 heterocycles. The number of hydrazone groups is 1. The number of non-ortho nitro benzene ring substituents is 1. The number of nitrogens with zero attached hydrogens (tertiary/aromatic N) is 5. The molecule has 2 aromatic rings. The molecule has 0 saturated carbocycles. The van der Waals surface area contributed by atoms with Crippen molar-refractivity contribution < 1.29 is 13.3 Å². The van der Waals surface area contributed by atoms with E-state index in [4.69, 9.17) is 0 Å². The Labute approximate surface area is 182 Å². The summed E-state index contributed by atoms with van der Waals surface area (Å²) < 4.78 is 27.8. The number of sulfonamides is 1. The number of hydrogen-bond donors (Lipinski definition) is 1. The second-order valence-electron chi connectivity index (χ2n) is 7.50. The molecule has 1 aliphatic rings. The van der Waals surface area contributed by atoms with Crippen molar-refractivity contribution in [2.75, 3.05) is 57.6 Å². The van der Waals surface area contributed by atoms with Crippen molar-refractivity contribution in [3.8, 4) is 0 Å². The Morgan fingerprint density at radius 3 is 2.32 bits per heavy atom. The molecule has 166 valence electrons. The Balaban J connectivity index is 1.87. The van der Waals surface area contributed by atoms with Gasteiger partial charge in [0.25, 0.3) is 5.69 Å². The molecule has 0 bridgehead atoms. The summed E-state index contributed by atoms with van der Waals surface area (Å²) in [6, 6.07) is 11.4. The van der Waals surface area contributed by atoms with Crippen molar-refractivity contribution >= 4 is 33.3 Å². The zero-order valence-electron chi connectivity index (χ0n) is 17.7. The maximum Gasteiger partial charge on any atom is 0.270 e. The van der Waals surface area contributed by atoms with Crippen molar-refractivity contribution in [3.05, 3.63) is 58.1 Å². The number of rotatable bonds is 7. The van der Waals surface area contributed by atoms with Crippen molar-refractivity contribution in [2.24, 2.45) is 5.10 Å². The minimum absolute atomic E-state index is 0.161. The van der Waals surface area contributed by atoms with Crippen LogP contribution in [0.25, 0.3) is 0 Å². The molecular formula is C20H26N6O4S. The highest BCUT2D eigenvalue weighted by Crippen LogP contribution is 2.29. The minimum Gasteiger partial charge on any atom is -0.378 e. The van der Waals surface area contributed by atoms with Crippen LogP contribution < -0.4 is 10.3 Å². The highest BCUT2D eigenvalue weighted by atomic mass is 32.2. The summed E-state index contributed by atoms with van der Waals surface area (Å²) in [6.45, 7) is 1.83. The lowest BCUT2D eigenvalue weighted by Gasteiger charge is -2.31. The number of nitro benzene ring substituents is 1. The van der Waals surface area contributed by atoms with Crippen LogP contribution in [0, 0.1) is 10.1 Å². The fourth-order valence-corrected chi connectivity index (χ4v) is 4.72. The van der Waals surface area contributed by atoms with Gasteiger partial charge in [-0.1, -0.05) is 12.1 Å². The quantitative estimate of drug-likeness (QED) is 0.394. The molecule has 0 spiro atoms. The molecule has 1 saturated heterocycles. The Morgan fingerprint density at radius 1 is 1.10 bits per heavy atom. The van der Waals surface area contributed by atoms with Gasteiger partial charge in [-0.2, -0.15) is 9.41 Å². The average Bonchev–Trinajstić information content (AvgIpc) is 2.74. The highest BCUT2D eigenvalue weighted by molar-refractivity contribution is 7.89. The van der Waals surface area contributed by atoms with Crippen LogP contribution in [0.4, 0.5) is 17.1 Å². The molecule has 0 aromatic heterocycles. The van der Waals surface area contributed by atoms with E-state index in [1.807, 2.05) is 55.2 Å². The van der Waals surface area contributed by atoms with Crippen molar-refractivity contribution in [2.45, 2.75) is 4.90 Å². The SMILES string of the molecule is CN1CCN(S(=O)(=O)c2cc([N+](=O)[O-])ccc2N/N=C\c2ccc(N(C)C)cc2)CC1. The number of benzene rings is 2. The number of likely N-dealkylation sites (N-methyl/N-ethyl adjacent to an activating group) is 1. The van der Waals surface area contributed by atoms with Gasteiger partial charge in [0.15, 0.2) is 0 Å². The average molecular weight is 447 g/mol. The molecule has 0 unspecified atom stereocenters. The molecule has 2 aromatic carbocycles. The van der Waals surface area contributed by atoms with E-state index in [-0.39, 0.29) is 16.3 Å². The first-order valence-electron chi connectivity index (χ1n) is 9.72. The van der Waals surface area contributed by atoms with E-state index in [1.165, 1.54) is 16.4 Å². The van der Waals surface area contributed by atoms with E-state index in [0.717, 1.165) is 17.3 Å². The van der Waals surface area contributed by atoms with Crippen LogP contribution in [0.5, 0.6) is 0 Å². The Kier molecular flexibility index (Phi) is 6.88. The maximum atomic E-state index is 13.2. The molecule has 0 aliphatic carbocycles. The van der Waals surface area contributed by atoms with Gasteiger partial charge in [0.1, 0.15) is 4.90 Å². The van der Waals surface area contributed by atoms with Crippen LogP contribution in [0.2, 0.25) is 0 Å². The predicted octanol–water partition coefficient (Wildman–Crippen LogP) is 2.04. The Hall–Kier alpha value is -3.02. The van der Waals surface area contributed by atoms with Gasteiger partial charge in [-0.3, -0.25) is 15.5 Å². The summed E-state index contributed by atoms with van der Waals surface area (Å²) in [7, 11) is 1.89. The number of hydrogen-bond acceptors (Lipinski definition) is 8. The van der Waals surface area contributed by atoms with E-state index in [1.54, 1.807) is 6.21 Å².